The Morgan fingerprint density at radius 3 is 2.30 bits per heavy atom. The number of halogens is 2. The minimum absolute atomic E-state index is 0.0110. The van der Waals surface area contributed by atoms with Gasteiger partial charge in [-0.3, -0.25) is 4.79 Å². The van der Waals surface area contributed by atoms with Crippen LogP contribution in [0.4, 0.5) is 0 Å². The van der Waals surface area contributed by atoms with Crippen molar-refractivity contribution in [1.82, 2.24) is 9.62 Å². The number of rotatable bonds is 8. The molecule has 1 aliphatic rings. The number of carbonyl (C=O) groups excluding carboxylic acids is 1. The fourth-order valence-corrected chi connectivity index (χ4v) is 6.42. The Morgan fingerprint density at radius 2 is 1.67 bits per heavy atom. The number of piperidine rings is 1. The molecule has 1 aliphatic heterocycles. The van der Waals surface area contributed by atoms with Crippen LogP contribution in [0.25, 0.3) is 0 Å². The first-order chi connectivity index (χ1) is 14.4. The molecule has 1 amide bonds. The Labute approximate surface area is 192 Å². The summed E-state index contributed by atoms with van der Waals surface area (Å²) >= 11 is 14.0. The summed E-state index contributed by atoms with van der Waals surface area (Å²) in [5, 5.41) is 4.26. The van der Waals surface area contributed by atoms with Crippen LogP contribution in [0.3, 0.4) is 0 Å². The van der Waals surface area contributed by atoms with Crippen molar-refractivity contribution in [1.29, 1.82) is 0 Å². The maximum Gasteiger partial charge on any atom is 0.243 e. The van der Waals surface area contributed by atoms with Gasteiger partial charge in [0, 0.05) is 47.1 Å². The van der Waals surface area contributed by atoms with E-state index in [-0.39, 0.29) is 11.8 Å². The third-order valence-corrected chi connectivity index (χ3v) is 8.67. The van der Waals surface area contributed by atoms with Gasteiger partial charge in [0.15, 0.2) is 0 Å². The number of hydrogen-bond donors (Lipinski definition) is 1. The van der Waals surface area contributed by atoms with Crippen LogP contribution in [0.1, 0.15) is 18.4 Å². The fourth-order valence-electron chi connectivity index (χ4n) is 3.34. The zero-order valence-electron chi connectivity index (χ0n) is 16.4. The molecule has 1 heterocycles. The monoisotopic (exact) mass is 486 g/mol. The second kappa shape index (κ2) is 10.9. The lowest BCUT2D eigenvalue weighted by Gasteiger charge is -2.30. The van der Waals surface area contributed by atoms with Crippen molar-refractivity contribution >= 4 is 50.9 Å². The van der Waals surface area contributed by atoms with Crippen LogP contribution >= 0.6 is 35.0 Å². The Balaban J connectivity index is 1.39. The summed E-state index contributed by atoms with van der Waals surface area (Å²) in [6, 6.07) is 13.9. The third kappa shape index (κ3) is 5.92. The van der Waals surface area contributed by atoms with Gasteiger partial charge in [0.2, 0.25) is 15.9 Å². The largest absolute Gasteiger partial charge is 0.355 e. The van der Waals surface area contributed by atoms with Crippen LogP contribution in [0.2, 0.25) is 10.0 Å². The molecule has 1 N–H and O–H groups in total. The van der Waals surface area contributed by atoms with Gasteiger partial charge < -0.3 is 5.32 Å². The Kier molecular flexibility index (Phi) is 8.48. The molecule has 2 aromatic rings. The number of benzene rings is 2. The number of sulfonamides is 1. The third-order valence-electron chi connectivity index (χ3n) is 5.06. The predicted octanol–water partition coefficient (Wildman–Crippen LogP) is 4.44. The molecule has 2 aromatic carbocycles. The highest BCUT2D eigenvalue weighted by Gasteiger charge is 2.31. The van der Waals surface area contributed by atoms with E-state index < -0.39 is 10.0 Å². The van der Waals surface area contributed by atoms with Gasteiger partial charge in [0.1, 0.15) is 0 Å². The normalized spacial score (nSPS) is 15.8. The number of nitrogens with zero attached hydrogens (tertiary/aromatic N) is 1. The van der Waals surface area contributed by atoms with Crippen molar-refractivity contribution in [3.63, 3.8) is 0 Å². The predicted molar refractivity (Wildman–Crippen MR) is 124 cm³/mol. The van der Waals surface area contributed by atoms with Gasteiger partial charge in [-0.2, -0.15) is 16.1 Å². The van der Waals surface area contributed by atoms with Gasteiger partial charge in [-0.1, -0.05) is 47.5 Å². The van der Waals surface area contributed by atoms with Crippen LogP contribution in [-0.4, -0.2) is 44.0 Å². The molecule has 0 bridgehead atoms. The molecule has 0 spiro atoms. The number of amides is 1. The van der Waals surface area contributed by atoms with Crippen LogP contribution in [0.15, 0.2) is 53.4 Å². The average molecular weight is 487 g/mol. The Hall–Kier alpha value is -1.25. The molecule has 0 aliphatic carbocycles. The quantitative estimate of drug-likeness (QED) is 0.559. The fraction of sp³-hybridized carbons (Fsp3) is 0.381. The van der Waals surface area contributed by atoms with Gasteiger partial charge in [-0.15, -0.1) is 0 Å². The van der Waals surface area contributed by atoms with Gasteiger partial charge in [-0.05, 0) is 42.7 Å². The second-order valence-corrected chi connectivity index (χ2v) is 10.9. The summed E-state index contributed by atoms with van der Waals surface area (Å²) in [4.78, 5) is 12.7. The minimum atomic E-state index is -3.49. The van der Waals surface area contributed by atoms with E-state index in [1.165, 1.54) is 4.31 Å². The number of thioether (sulfide) groups is 1. The lowest BCUT2D eigenvalue weighted by atomic mass is 9.97. The summed E-state index contributed by atoms with van der Waals surface area (Å²) < 4.78 is 26.8. The van der Waals surface area contributed by atoms with Gasteiger partial charge in [0.05, 0.1) is 4.90 Å². The van der Waals surface area contributed by atoms with Gasteiger partial charge in [-0.25, -0.2) is 8.42 Å². The van der Waals surface area contributed by atoms with E-state index in [2.05, 4.69) is 5.32 Å². The summed E-state index contributed by atoms with van der Waals surface area (Å²) in [6.45, 7) is 1.26. The summed E-state index contributed by atoms with van der Waals surface area (Å²) in [6.07, 6.45) is 1.06. The molecule has 30 heavy (non-hydrogen) atoms. The highest BCUT2D eigenvalue weighted by atomic mass is 35.5. The molecule has 0 radical (unpaired) electrons. The van der Waals surface area contributed by atoms with E-state index in [9.17, 15) is 13.2 Å². The van der Waals surface area contributed by atoms with E-state index in [0.717, 1.165) is 11.3 Å². The Bertz CT molecular complexity index is 943. The molecule has 9 heteroatoms. The van der Waals surface area contributed by atoms with Crippen LogP contribution in [0.5, 0.6) is 0 Å². The number of hydrogen-bond acceptors (Lipinski definition) is 4. The van der Waals surface area contributed by atoms with Gasteiger partial charge in [0.25, 0.3) is 0 Å². The van der Waals surface area contributed by atoms with E-state index in [4.69, 9.17) is 23.2 Å². The van der Waals surface area contributed by atoms with E-state index >= 15 is 0 Å². The average Bonchev–Trinajstić information content (AvgIpc) is 2.76. The summed E-state index contributed by atoms with van der Waals surface area (Å²) in [5.74, 6) is 1.26. The highest BCUT2D eigenvalue weighted by Crippen LogP contribution is 2.28. The maximum atomic E-state index is 12.7. The molecule has 0 unspecified atom stereocenters. The molecular weight excluding hydrogens is 463 g/mol. The first kappa shape index (κ1) is 23.4. The highest BCUT2D eigenvalue weighted by molar-refractivity contribution is 7.98. The SMILES string of the molecule is O=C(NCCSCc1c(Cl)cccc1Cl)C1CCN(S(=O)(=O)c2ccccc2)CC1. The first-order valence-corrected chi connectivity index (χ1v) is 13.1. The maximum absolute atomic E-state index is 12.7. The molecule has 0 atom stereocenters. The lowest BCUT2D eigenvalue weighted by Crippen LogP contribution is -2.43. The molecule has 3 rings (SSSR count). The van der Waals surface area contributed by atoms with Crippen LogP contribution in [0, 0.1) is 5.92 Å². The van der Waals surface area contributed by atoms with Crippen LogP contribution < -0.4 is 5.32 Å². The Morgan fingerprint density at radius 1 is 1.03 bits per heavy atom. The van der Waals surface area contributed by atoms with E-state index in [1.807, 2.05) is 18.2 Å². The molecule has 0 saturated carbocycles. The van der Waals surface area contributed by atoms with Crippen molar-refractivity contribution in [3.05, 3.63) is 64.1 Å². The van der Waals surface area contributed by atoms with Crippen LogP contribution in [-0.2, 0) is 20.6 Å². The first-order valence-electron chi connectivity index (χ1n) is 9.73. The lowest BCUT2D eigenvalue weighted by molar-refractivity contribution is -0.125. The van der Waals surface area contributed by atoms with Crippen molar-refractivity contribution in [3.8, 4) is 0 Å². The molecule has 1 fully saturated rings. The smallest absolute Gasteiger partial charge is 0.243 e. The van der Waals surface area contributed by atoms with Crippen molar-refractivity contribution < 1.29 is 13.2 Å². The van der Waals surface area contributed by atoms with Crippen molar-refractivity contribution in [2.75, 3.05) is 25.4 Å². The minimum Gasteiger partial charge on any atom is -0.355 e. The molecule has 5 nitrogen and oxygen atoms in total. The molecule has 162 valence electrons. The molecule has 0 aromatic heterocycles. The number of nitrogens with one attached hydrogen (secondary N) is 1. The van der Waals surface area contributed by atoms with Gasteiger partial charge >= 0.3 is 0 Å². The summed E-state index contributed by atoms with van der Waals surface area (Å²) in [5.41, 5.74) is 0.907. The zero-order chi connectivity index (χ0) is 21.6. The van der Waals surface area contributed by atoms with E-state index in [1.54, 1.807) is 42.1 Å². The zero-order valence-corrected chi connectivity index (χ0v) is 19.5. The number of carbonyl (C=O) groups is 1. The van der Waals surface area contributed by atoms with Crippen molar-refractivity contribution in [2.24, 2.45) is 5.92 Å². The summed E-state index contributed by atoms with van der Waals surface area (Å²) in [7, 11) is -3.49. The molecular formula is C21H24Cl2N2O3S2. The molecule has 1 saturated heterocycles. The standard InChI is InChI=1S/C21H24Cl2N2O3S2/c22-19-7-4-8-20(23)18(19)15-29-14-11-24-21(26)16-9-12-25(13-10-16)30(27,28)17-5-2-1-3-6-17/h1-8,16H,9-15H2,(H,24,26). The van der Waals surface area contributed by atoms with E-state index in [0.29, 0.717) is 53.2 Å². The topological polar surface area (TPSA) is 66.5 Å². The second-order valence-electron chi connectivity index (χ2n) is 7.04. The van der Waals surface area contributed by atoms with Crippen molar-refractivity contribution in [2.45, 2.75) is 23.5 Å².